The van der Waals surface area contributed by atoms with Crippen LogP contribution in [0.3, 0.4) is 0 Å². The minimum absolute atomic E-state index is 0.0516. The predicted molar refractivity (Wildman–Crippen MR) is 76.3 cm³/mol. The summed E-state index contributed by atoms with van der Waals surface area (Å²) in [5, 5.41) is 0. The fraction of sp³-hybridized carbons (Fsp3) is 0.933. The molecule has 0 heterocycles. The van der Waals surface area contributed by atoms with Crippen molar-refractivity contribution in [3.63, 3.8) is 0 Å². The number of rotatable bonds is 7. The molecule has 2 unspecified atom stereocenters. The van der Waals surface area contributed by atoms with E-state index in [9.17, 15) is 4.79 Å². The maximum absolute atomic E-state index is 12.7. The van der Waals surface area contributed by atoms with Crippen molar-refractivity contribution in [1.29, 1.82) is 0 Å². The van der Waals surface area contributed by atoms with Crippen molar-refractivity contribution in [2.45, 2.75) is 71.8 Å². The third-order valence-electron chi connectivity index (χ3n) is 4.37. The molecule has 3 heteroatoms. The van der Waals surface area contributed by atoms with Crippen LogP contribution in [0.25, 0.3) is 0 Å². The Morgan fingerprint density at radius 1 is 1.28 bits per heavy atom. The zero-order chi connectivity index (χ0) is 13.6. The van der Waals surface area contributed by atoms with Gasteiger partial charge >= 0.3 is 0 Å². The molecule has 0 aromatic rings. The molecule has 0 aromatic heterocycles. The average Bonchev–Trinajstić information content (AvgIpc) is 2.70. The normalized spacial score (nSPS) is 27.4. The Morgan fingerprint density at radius 3 is 2.22 bits per heavy atom. The molecular formula is C15H30N2O. The van der Waals surface area contributed by atoms with Gasteiger partial charge in [0.15, 0.2) is 0 Å². The molecular weight excluding hydrogens is 224 g/mol. The zero-order valence-electron chi connectivity index (χ0n) is 12.4. The minimum atomic E-state index is -0.304. The Bertz CT molecular complexity index is 259. The van der Waals surface area contributed by atoms with Crippen LogP contribution in [0.1, 0.15) is 65.7 Å². The maximum atomic E-state index is 12.7. The van der Waals surface area contributed by atoms with Crippen LogP contribution < -0.4 is 5.73 Å². The fourth-order valence-corrected chi connectivity index (χ4v) is 2.83. The third-order valence-corrected chi connectivity index (χ3v) is 4.37. The number of hydrogen-bond donors (Lipinski definition) is 1. The van der Waals surface area contributed by atoms with Gasteiger partial charge in [0.2, 0.25) is 5.91 Å². The second-order valence-electron chi connectivity index (χ2n) is 5.92. The van der Waals surface area contributed by atoms with Crippen molar-refractivity contribution >= 4 is 5.91 Å². The highest BCUT2D eigenvalue weighted by Crippen LogP contribution is 2.38. The molecule has 3 nitrogen and oxygen atoms in total. The highest BCUT2D eigenvalue weighted by Gasteiger charge is 2.44. The van der Waals surface area contributed by atoms with Crippen molar-refractivity contribution < 1.29 is 4.79 Å². The van der Waals surface area contributed by atoms with Crippen molar-refractivity contribution in [2.75, 3.05) is 13.1 Å². The van der Waals surface area contributed by atoms with E-state index in [0.29, 0.717) is 5.91 Å². The molecule has 1 fully saturated rings. The molecule has 1 amide bonds. The largest absolute Gasteiger partial charge is 0.342 e. The highest BCUT2D eigenvalue weighted by atomic mass is 16.2. The van der Waals surface area contributed by atoms with Crippen molar-refractivity contribution in [3.8, 4) is 0 Å². The molecule has 2 N–H and O–H groups in total. The number of amides is 1. The Morgan fingerprint density at radius 2 is 1.83 bits per heavy atom. The van der Waals surface area contributed by atoms with Gasteiger partial charge in [-0.25, -0.2) is 0 Å². The Labute approximate surface area is 112 Å². The summed E-state index contributed by atoms with van der Waals surface area (Å²) < 4.78 is 0. The number of nitrogens with zero attached hydrogens (tertiary/aromatic N) is 1. The van der Waals surface area contributed by atoms with Crippen LogP contribution in [0, 0.1) is 5.41 Å². The maximum Gasteiger partial charge on any atom is 0.230 e. The predicted octanol–water partition coefficient (Wildman–Crippen LogP) is 2.93. The molecule has 2 atom stereocenters. The second kappa shape index (κ2) is 7.13. The van der Waals surface area contributed by atoms with E-state index < -0.39 is 0 Å². The summed E-state index contributed by atoms with van der Waals surface area (Å²) >= 11 is 0. The monoisotopic (exact) mass is 254 g/mol. The van der Waals surface area contributed by atoms with Gasteiger partial charge in [0.25, 0.3) is 0 Å². The van der Waals surface area contributed by atoms with Crippen LogP contribution in [0.5, 0.6) is 0 Å². The smallest absolute Gasteiger partial charge is 0.230 e. The van der Waals surface area contributed by atoms with Gasteiger partial charge in [-0.05, 0) is 32.6 Å². The van der Waals surface area contributed by atoms with E-state index in [1.807, 2.05) is 0 Å². The summed E-state index contributed by atoms with van der Waals surface area (Å²) in [7, 11) is 0. The van der Waals surface area contributed by atoms with Crippen LogP contribution in [0.15, 0.2) is 0 Å². The Balaban J connectivity index is 2.67. The van der Waals surface area contributed by atoms with E-state index in [4.69, 9.17) is 5.73 Å². The summed E-state index contributed by atoms with van der Waals surface area (Å²) in [6.45, 7) is 8.21. The second-order valence-corrected chi connectivity index (χ2v) is 5.92. The lowest BCUT2D eigenvalue weighted by Crippen LogP contribution is -2.49. The number of nitrogens with two attached hydrogens (primary N) is 1. The number of hydrogen-bond acceptors (Lipinski definition) is 2. The summed E-state index contributed by atoms with van der Waals surface area (Å²) in [5.41, 5.74) is 5.86. The van der Waals surface area contributed by atoms with E-state index in [2.05, 4.69) is 25.7 Å². The van der Waals surface area contributed by atoms with Crippen LogP contribution in [0.2, 0.25) is 0 Å². The van der Waals surface area contributed by atoms with Crippen molar-refractivity contribution in [2.24, 2.45) is 11.1 Å². The van der Waals surface area contributed by atoms with Crippen LogP contribution in [-0.4, -0.2) is 29.9 Å². The summed E-state index contributed by atoms with van der Waals surface area (Å²) in [5.74, 6) is 0.300. The summed E-state index contributed by atoms with van der Waals surface area (Å²) in [6, 6.07) is 0.0516. The van der Waals surface area contributed by atoms with E-state index in [1.165, 1.54) is 0 Å². The molecule has 1 rings (SSSR count). The first-order valence-electron chi connectivity index (χ1n) is 7.61. The van der Waals surface area contributed by atoms with Gasteiger partial charge in [-0.15, -0.1) is 0 Å². The number of carbonyl (C=O) groups excluding carboxylic acids is 1. The molecule has 0 spiro atoms. The zero-order valence-corrected chi connectivity index (χ0v) is 12.4. The number of unbranched alkanes of at least 4 members (excludes halogenated alkanes) is 2. The topological polar surface area (TPSA) is 46.3 Å². The van der Waals surface area contributed by atoms with Crippen molar-refractivity contribution in [3.05, 3.63) is 0 Å². The molecule has 18 heavy (non-hydrogen) atoms. The number of carbonyl (C=O) groups is 1. The first-order valence-corrected chi connectivity index (χ1v) is 7.61. The van der Waals surface area contributed by atoms with Crippen LogP contribution in [0.4, 0.5) is 0 Å². The van der Waals surface area contributed by atoms with Crippen LogP contribution in [-0.2, 0) is 4.79 Å². The van der Waals surface area contributed by atoms with Gasteiger partial charge in [0.1, 0.15) is 0 Å². The molecule has 0 aliphatic heterocycles. The Hall–Kier alpha value is -0.570. The molecule has 1 saturated carbocycles. The van der Waals surface area contributed by atoms with Gasteiger partial charge in [0, 0.05) is 19.1 Å². The lowest BCUT2D eigenvalue weighted by atomic mass is 9.83. The first-order chi connectivity index (χ1) is 8.56. The highest BCUT2D eigenvalue weighted by molar-refractivity contribution is 5.83. The minimum Gasteiger partial charge on any atom is -0.342 e. The van der Waals surface area contributed by atoms with E-state index in [1.54, 1.807) is 0 Å². The quantitative estimate of drug-likeness (QED) is 0.759. The summed E-state index contributed by atoms with van der Waals surface area (Å²) in [4.78, 5) is 14.8. The molecule has 1 aliphatic carbocycles. The molecule has 0 bridgehead atoms. The van der Waals surface area contributed by atoms with E-state index in [0.717, 1.165) is 58.0 Å². The SMILES string of the molecule is CCCCN(CCCC)C(=O)C1(C)CCCC1N. The Kier molecular flexibility index (Phi) is 6.13. The van der Waals surface area contributed by atoms with Gasteiger partial charge in [-0.3, -0.25) is 4.79 Å². The van der Waals surface area contributed by atoms with Gasteiger partial charge in [0.05, 0.1) is 5.41 Å². The summed E-state index contributed by atoms with van der Waals surface area (Å²) in [6.07, 6.45) is 7.52. The standard InChI is InChI=1S/C15H30N2O/c1-4-6-11-17(12-7-5-2)14(18)15(3)10-8-9-13(15)16/h13H,4-12,16H2,1-3H3. The van der Waals surface area contributed by atoms with Gasteiger partial charge in [-0.1, -0.05) is 33.1 Å². The van der Waals surface area contributed by atoms with Gasteiger partial charge < -0.3 is 10.6 Å². The molecule has 0 radical (unpaired) electrons. The van der Waals surface area contributed by atoms with Crippen LogP contribution >= 0.6 is 0 Å². The first kappa shape index (κ1) is 15.5. The van der Waals surface area contributed by atoms with E-state index in [-0.39, 0.29) is 11.5 Å². The molecule has 0 aromatic carbocycles. The van der Waals surface area contributed by atoms with Crippen molar-refractivity contribution in [1.82, 2.24) is 4.90 Å². The molecule has 106 valence electrons. The molecule has 1 aliphatic rings. The molecule has 0 saturated heterocycles. The van der Waals surface area contributed by atoms with E-state index >= 15 is 0 Å². The lowest BCUT2D eigenvalue weighted by Gasteiger charge is -2.34. The lowest BCUT2D eigenvalue weighted by molar-refractivity contribution is -0.141. The van der Waals surface area contributed by atoms with Gasteiger partial charge in [-0.2, -0.15) is 0 Å². The third kappa shape index (κ3) is 3.47. The average molecular weight is 254 g/mol. The fourth-order valence-electron chi connectivity index (χ4n) is 2.83.